The molecule has 3 aliphatic rings. The van der Waals surface area contributed by atoms with E-state index in [2.05, 4.69) is 16.7 Å². The Balaban J connectivity index is 1.79. The molecule has 0 radical (unpaired) electrons. The zero-order chi connectivity index (χ0) is 24.6. The molecular weight excluding hydrogens is 547 g/mol. The molecule has 0 unspecified atom stereocenters. The van der Waals surface area contributed by atoms with Gasteiger partial charge in [-0.1, -0.05) is 25.0 Å². The van der Waals surface area contributed by atoms with Gasteiger partial charge in [-0.25, -0.2) is 0 Å². The van der Waals surface area contributed by atoms with E-state index in [1.54, 1.807) is 11.9 Å². The number of hydrogen-bond donors (Lipinski definition) is 2. The van der Waals surface area contributed by atoms with Crippen LogP contribution >= 0.6 is 22.6 Å². The standard InChI is InChI=1S/C25H39IN4O4/c1-27-24(34)25(26)14-8-5-3-2-4-7-12-19(18-21(31)29-15-9-6-10-16-29)23(33)30-17-11-13-20(30)22(32)28-25/h5,8,19-20H,2-4,6-7,9-18H2,1H3,(H,27,34)(H,28,32)/b8-5-/t19-,20+,25-/m1/s1. The van der Waals surface area contributed by atoms with Crippen LogP contribution in [0.15, 0.2) is 12.2 Å². The number of nitrogens with one attached hydrogen (secondary N) is 2. The lowest BCUT2D eigenvalue weighted by Crippen LogP contribution is -2.58. The Kier molecular flexibility index (Phi) is 10.2. The Bertz CT molecular complexity index is 783. The van der Waals surface area contributed by atoms with Gasteiger partial charge < -0.3 is 20.4 Å². The molecule has 190 valence electrons. The topological polar surface area (TPSA) is 98.8 Å². The lowest BCUT2D eigenvalue weighted by molar-refractivity contribution is -0.145. The average Bonchev–Trinajstić information content (AvgIpc) is 3.34. The molecule has 0 aromatic carbocycles. The van der Waals surface area contributed by atoms with Gasteiger partial charge in [0.05, 0.1) is 0 Å². The molecule has 3 rings (SSSR count). The number of allylic oxidation sites excluding steroid dienone is 1. The van der Waals surface area contributed by atoms with Crippen molar-refractivity contribution in [2.75, 3.05) is 26.7 Å². The maximum atomic E-state index is 13.7. The van der Waals surface area contributed by atoms with E-state index >= 15 is 0 Å². The van der Waals surface area contributed by atoms with Crippen LogP contribution in [0, 0.1) is 5.92 Å². The zero-order valence-corrected chi connectivity index (χ0v) is 22.5. The molecule has 0 aromatic rings. The van der Waals surface area contributed by atoms with Crippen LogP contribution in [-0.2, 0) is 19.2 Å². The monoisotopic (exact) mass is 586 g/mol. The van der Waals surface area contributed by atoms with Crippen molar-refractivity contribution in [3.05, 3.63) is 12.2 Å². The second kappa shape index (κ2) is 12.9. The summed E-state index contributed by atoms with van der Waals surface area (Å²) in [6.45, 7) is 2.07. The molecule has 0 spiro atoms. The highest BCUT2D eigenvalue weighted by atomic mass is 127. The number of likely N-dealkylation sites (tertiary alicyclic amines) is 1. The van der Waals surface area contributed by atoms with E-state index in [-0.39, 0.29) is 30.0 Å². The molecule has 4 amide bonds. The largest absolute Gasteiger partial charge is 0.356 e. The fraction of sp³-hybridized carbons (Fsp3) is 0.760. The maximum absolute atomic E-state index is 13.7. The van der Waals surface area contributed by atoms with Crippen molar-refractivity contribution in [1.29, 1.82) is 0 Å². The molecule has 9 heteroatoms. The SMILES string of the molecule is CNC(=O)[C@@]1(I)C/C=C\CCCCC[C@H](CC(=O)N2CCCCC2)C(=O)N2CCC[C@H]2C(=O)N1. The van der Waals surface area contributed by atoms with Gasteiger partial charge in [-0.3, -0.25) is 19.2 Å². The molecule has 34 heavy (non-hydrogen) atoms. The van der Waals surface area contributed by atoms with Crippen molar-refractivity contribution < 1.29 is 19.2 Å². The first-order valence-corrected chi connectivity index (χ1v) is 13.9. The molecule has 0 aromatic heterocycles. The van der Waals surface area contributed by atoms with Gasteiger partial charge in [-0.15, -0.1) is 0 Å². The summed E-state index contributed by atoms with van der Waals surface area (Å²) in [4.78, 5) is 56.2. The van der Waals surface area contributed by atoms with Crippen LogP contribution in [0.4, 0.5) is 0 Å². The van der Waals surface area contributed by atoms with E-state index in [1.165, 1.54) is 0 Å². The highest BCUT2D eigenvalue weighted by molar-refractivity contribution is 14.1. The molecule has 3 heterocycles. The van der Waals surface area contributed by atoms with Crippen molar-refractivity contribution in [1.82, 2.24) is 20.4 Å². The molecule has 2 saturated heterocycles. The van der Waals surface area contributed by atoms with E-state index in [9.17, 15) is 19.2 Å². The van der Waals surface area contributed by atoms with E-state index in [1.807, 2.05) is 33.6 Å². The second-order valence-corrected chi connectivity index (χ2v) is 11.6. The first-order valence-electron chi connectivity index (χ1n) is 12.8. The van der Waals surface area contributed by atoms with Crippen molar-refractivity contribution >= 4 is 46.2 Å². The Morgan fingerprint density at radius 3 is 2.50 bits per heavy atom. The minimum absolute atomic E-state index is 0.0602. The first kappa shape index (κ1) is 26.9. The summed E-state index contributed by atoms with van der Waals surface area (Å²) in [6.07, 6.45) is 13.5. The number of hydrogen-bond acceptors (Lipinski definition) is 4. The highest BCUT2D eigenvalue weighted by Gasteiger charge is 2.42. The number of carbonyl (C=O) groups excluding carboxylic acids is 4. The predicted octanol–water partition coefficient (Wildman–Crippen LogP) is 2.90. The average molecular weight is 587 g/mol. The van der Waals surface area contributed by atoms with Gasteiger partial charge in [0.2, 0.25) is 17.7 Å². The third-order valence-electron chi connectivity index (χ3n) is 7.22. The van der Waals surface area contributed by atoms with Gasteiger partial charge in [0.15, 0.2) is 3.55 Å². The smallest absolute Gasteiger partial charge is 0.256 e. The Labute approximate surface area is 216 Å². The summed E-state index contributed by atoms with van der Waals surface area (Å²) < 4.78 is -1.11. The van der Waals surface area contributed by atoms with Gasteiger partial charge >= 0.3 is 0 Å². The van der Waals surface area contributed by atoms with Crippen LogP contribution < -0.4 is 10.6 Å². The third kappa shape index (κ3) is 6.95. The quantitative estimate of drug-likeness (QED) is 0.230. The number of halogens is 1. The van der Waals surface area contributed by atoms with Crippen LogP contribution in [0.2, 0.25) is 0 Å². The number of amides is 4. The minimum atomic E-state index is -1.11. The first-order chi connectivity index (χ1) is 16.4. The van der Waals surface area contributed by atoms with E-state index < -0.39 is 15.5 Å². The molecule has 2 fully saturated rings. The Hall–Kier alpha value is -1.65. The van der Waals surface area contributed by atoms with Gasteiger partial charge in [0.1, 0.15) is 6.04 Å². The van der Waals surface area contributed by atoms with Crippen LogP contribution in [0.25, 0.3) is 0 Å². The van der Waals surface area contributed by atoms with Gasteiger partial charge in [0, 0.05) is 45.4 Å². The zero-order valence-electron chi connectivity index (χ0n) is 20.3. The number of piperidine rings is 1. The molecule has 0 bridgehead atoms. The lowest BCUT2D eigenvalue weighted by atomic mass is 9.94. The molecule has 3 atom stereocenters. The molecule has 3 aliphatic heterocycles. The number of fused-ring (bicyclic) bond motifs is 1. The number of carbonyl (C=O) groups is 4. The summed E-state index contributed by atoms with van der Waals surface area (Å²) in [5.41, 5.74) is 0. The summed E-state index contributed by atoms with van der Waals surface area (Å²) >= 11 is 2.01. The number of likely N-dealkylation sites (N-methyl/N-ethyl adjacent to an activating group) is 1. The van der Waals surface area contributed by atoms with Gasteiger partial charge in [0.25, 0.3) is 5.91 Å². The summed E-state index contributed by atoms with van der Waals surface area (Å²) in [6, 6.07) is -0.604. The van der Waals surface area contributed by atoms with Crippen molar-refractivity contribution in [2.24, 2.45) is 5.92 Å². The van der Waals surface area contributed by atoms with E-state index in [0.717, 1.165) is 64.5 Å². The van der Waals surface area contributed by atoms with Crippen LogP contribution in [0.3, 0.4) is 0 Å². The Morgan fingerprint density at radius 2 is 1.76 bits per heavy atom. The third-order valence-corrected chi connectivity index (χ3v) is 8.42. The fourth-order valence-corrected chi connectivity index (χ4v) is 5.99. The molecular formula is C25H39IN4O4. The predicted molar refractivity (Wildman–Crippen MR) is 139 cm³/mol. The normalized spacial score (nSPS) is 30.5. The summed E-state index contributed by atoms with van der Waals surface area (Å²) in [5.74, 6) is -0.990. The van der Waals surface area contributed by atoms with Crippen molar-refractivity contribution in [2.45, 2.75) is 86.6 Å². The molecule has 0 aliphatic carbocycles. The van der Waals surface area contributed by atoms with Crippen LogP contribution in [0.1, 0.15) is 77.0 Å². The number of nitrogens with zero attached hydrogens (tertiary/aromatic N) is 2. The number of alkyl halides is 1. The number of rotatable bonds is 3. The molecule has 0 saturated carbocycles. The molecule has 2 N–H and O–H groups in total. The summed E-state index contributed by atoms with van der Waals surface area (Å²) in [7, 11) is 1.56. The van der Waals surface area contributed by atoms with Crippen molar-refractivity contribution in [3.8, 4) is 0 Å². The van der Waals surface area contributed by atoms with E-state index in [0.29, 0.717) is 25.8 Å². The highest BCUT2D eigenvalue weighted by Crippen LogP contribution is 2.28. The van der Waals surface area contributed by atoms with Crippen LogP contribution in [0.5, 0.6) is 0 Å². The van der Waals surface area contributed by atoms with Gasteiger partial charge in [-0.2, -0.15) is 0 Å². The van der Waals surface area contributed by atoms with E-state index in [4.69, 9.17) is 0 Å². The lowest BCUT2D eigenvalue weighted by Gasteiger charge is -2.33. The van der Waals surface area contributed by atoms with Gasteiger partial charge in [-0.05, 0) is 74.0 Å². The fourth-order valence-electron chi connectivity index (χ4n) is 5.20. The van der Waals surface area contributed by atoms with Crippen molar-refractivity contribution in [3.63, 3.8) is 0 Å². The summed E-state index contributed by atoms with van der Waals surface area (Å²) in [5, 5.41) is 5.58. The Morgan fingerprint density at radius 1 is 1.03 bits per heavy atom. The van der Waals surface area contributed by atoms with Crippen LogP contribution in [-0.4, -0.2) is 69.7 Å². The minimum Gasteiger partial charge on any atom is -0.356 e. The maximum Gasteiger partial charge on any atom is 0.256 e. The molecule has 8 nitrogen and oxygen atoms in total. The second-order valence-electron chi connectivity index (χ2n) is 9.72.